The van der Waals surface area contributed by atoms with Crippen molar-refractivity contribution in [1.82, 2.24) is 20.6 Å². The van der Waals surface area contributed by atoms with Crippen molar-refractivity contribution < 1.29 is 9.59 Å². The Kier molecular flexibility index (Phi) is 6.21. The summed E-state index contributed by atoms with van der Waals surface area (Å²) in [6.45, 7) is 0. The second kappa shape index (κ2) is 9.87. The Morgan fingerprint density at radius 1 is 0.737 bits per heavy atom. The van der Waals surface area contributed by atoms with E-state index in [1.165, 1.54) is 57.8 Å². The molecule has 3 aromatic rings. The largest absolute Gasteiger partial charge is 0.349 e. The van der Waals surface area contributed by atoms with Gasteiger partial charge in [0.15, 0.2) is 0 Å². The summed E-state index contributed by atoms with van der Waals surface area (Å²) in [6, 6.07) is 14.0. The summed E-state index contributed by atoms with van der Waals surface area (Å²) in [6.07, 6.45) is 13.7. The zero-order chi connectivity index (χ0) is 25.6. The van der Waals surface area contributed by atoms with Crippen LogP contribution in [0.25, 0.3) is 22.4 Å². The van der Waals surface area contributed by atoms with Crippen LogP contribution < -0.4 is 10.6 Å². The predicted molar refractivity (Wildman–Crippen MR) is 149 cm³/mol. The molecule has 0 atom stereocenters. The molecule has 5 aliphatic carbocycles. The molecule has 0 radical (unpaired) electrons. The van der Waals surface area contributed by atoms with Crippen LogP contribution in [0.15, 0.2) is 42.5 Å². The lowest BCUT2D eigenvalue weighted by molar-refractivity contribution is -0.0119. The fourth-order valence-electron chi connectivity index (χ4n) is 8.15. The van der Waals surface area contributed by atoms with Gasteiger partial charge in [0.25, 0.3) is 11.8 Å². The molecule has 0 spiro atoms. The Labute approximate surface area is 224 Å². The number of aromatic nitrogens is 2. The predicted octanol–water partition coefficient (Wildman–Crippen LogP) is 6.24. The molecule has 38 heavy (non-hydrogen) atoms. The summed E-state index contributed by atoms with van der Waals surface area (Å²) in [4.78, 5) is 34.1. The number of fused-ring (bicyclic) bond motifs is 1. The summed E-state index contributed by atoms with van der Waals surface area (Å²) in [7, 11) is 0. The molecule has 5 aliphatic rings. The topological polar surface area (TPSA) is 86.9 Å². The minimum atomic E-state index is -0.0159. The average molecular weight is 511 g/mol. The molecule has 3 N–H and O–H groups in total. The van der Waals surface area contributed by atoms with Crippen LogP contribution in [0.1, 0.15) is 91.3 Å². The number of rotatable bonds is 5. The first-order chi connectivity index (χ1) is 18.6. The van der Waals surface area contributed by atoms with E-state index in [-0.39, 0.29) is 17.9 Å². The Hall–Kier alpha value is -3.15. The number of nitrogens with zero attached hydrogens (tertiary/aromatic N) is 1. The van der Waals surface area contributed by atoms with Gasteiger partial charge >= 0.3 is 0 Å². The molecule has 8 rings (SSSR count). The molecule has 1 aromatic heterocycles. The molecule has 0 saturated heterocycles. The lowest BCUT2D eigenvalue weighted by Gasteiger charge is -2.54. The molecule has 0 unspecified atom stereocenters. The number of H-pyrrole nitrogens is 1. The molecule has 0 aliphatic heterocycles. The standard InChI is InChI=1S/C32H38N4O2/c37-31(36-29-24-14-19-13-20(16-24)17-25(29)15-19)22-9-7-21(8-10-22)30-34-27-12-11-23(18-28(27)35-30)32(38)33-26-5-3-1-2-4-6-26/h7-12,18-20,24-26,29H,1-6,13-17H2,(H,33,38)(H,34,35)(H,36,37)/t19-,20+,24-,25?,29?. The molecule has 5 saturated carbocycles. The number of aromatic amines is 1. The zero-order valence-electron chi connectivity index (χ0n) is 22.0. The van der Waals surface area contributed by atoms with E-state index in [1.54, 1.807) is 0 Å². The molecule has 2 amide bonds. The third kappa shape index (κ3) is 4.63. The van der Waals surface area contributed by atoms with E-state index >= 15 is 0 Å². The lowest BCUT2D eigenvalue weighted by atomic mass is 9.54. The molecular formula is C32H38N4O2. The smallest absolute Gasteiger partial charge is 0.251 e. The molecule has 6 heteroatoms. The number of imidazole rings is 1. The maximum absolute atomic E-state index is 13.1. The normalized spacial score (nSPS) is 28.8. The summed E-state index contributed by atoms with van der Waals surface area (Å²) >= 11 is 0. The van der Waals surface area contributed by atoms with E-state index in [0.29, 0.717) is 29.0 Å². The highest BCUT2D eigenvalue weighted by Gasteiger charge is 2.48. The van der Waals surface area contributed by atoms with Crippen molar-refractivity contribution in [2.24, 2.45) is 23.7 Å². The zero-order valence-corrected chi connectivity index (χ0v) is 22.0. The van der Waals surface area contributed by atoms with E-state index < -0.39 is 0 Å². The third-order valence-corrected chi connectivity index (χ3v) is 9.88. The van der Waals surface area contributed by atoms with Gasteiger partial charge < -0.3 is 15.6 Å². The molecule has 2 aromatic carbocycles. The van der Waals surface area contributed by atoms with Crippen molar-refractivity contribution in [3.63, 3.8) is 0 Å². The number of carbonyl (C=O) groups is 2. The van der Waals surface area contributed by atoms with Gasteiger partial charge in [-0.15, -0.1) is 0 Å². The molecule has 6 nitrogen and oxygen atoms in total. The first-order valence-electron chi connectivity index (χ1n) is 14.8. The van der Waals surface area contributed by atoms with Crippen molar-refractivity contribution in [2.75, 3.05) is 0 Å². The van der Waals surface area contributed by atoms with Crippen molar-refractivity contribution in [3.8, 4) is 11.4 Å². The van der Waals surface area contributed by atoms with Crippen LogP contribution in [0, 0.1) is 23.7 Å². The van der Waals surface area contributed by atoms with Gasteiger partial charge in [0.05, 0.1) is 11.0 Å². The van der Waals surface area contributed by atoms with E-state index in [0.717, 1.165) is 47.1 Å². The van der Waals surface area contributed by atoms with Crippen molar-refractivity contribution in [1.29, 1.82) is 0 Å². The number of benzene rings is 2. The number of nitrogens with one attached hydrogen (secondary N) is 3. The Balaban J connectivity index is 1.02. The van der Waals surface area contributed by atoms with E-state index in [9.17, 15) is 9.59 Å². The summed E-state index contributed by atoms with van der Waals surface area (Å²) in [5, 5.41) is 6.63. The van der Waals surface area contributed by atoms with Crippen LogP contribution in [-0.2, 0) is 0 Å². The van der Waals surface area contributed by atoms with Crippen molar-refractivity contribution in [3.05, 3.63) is 53.6 Å². The van der Waals surface area contributed by atoms with Crippen molar-refractivity contribution >= 4 is 22.8 Å². The maximum Gasteiger partial charge on any atom is 0.251 e. The van der Waals surface area contributed by atoms with Gasteiger partial charge in [-0.1, -0.05) is 37.8 Å². The highest BCUT2D eigenvalue weighted by molar-refractivity contribution is 5.98. The fraction of sp³-hybridized carbons (Fsp3) is 0.531. The highest BCUT2D eigenvalue weighted by atomic mass is 16.2. The van der Waals surface area contributed by atoms with Crippen molar-refractivity contribution in [2.45, 2.75) is 82.7 Å². The van der Waals surface area contributed by atoms with Crippen LogP contribution in [0.4, 0.5) is 0 Å². The van der Waals surface area contributed by atoms with Crippen LogP contribution in [0.5, 0.6) is 0 Å². The second-order valence-corrected chi connectivity index (χ2v) is 12.5. The van der Waals surface area contributed by atoms with Gasteiger partial charge in [-0.05, 0) is 98.9 Å². The lowest BCUT2D eigenvalue weighted by Crippen LogP contribution is -2.55. The monoisotopic (exact) mass is 510 g/mol. The van der Waals surface area contributed by atoms with Crippen LogP contribution >= 0.6 is 0 Å². The summed E-state index contributed by atoms with van der Waals surface area (Å²) < 4.78 is 0. The van der Waals surface area contributed by atoms with Gasteiger partial charge in [-0.25, -0.2) is 4.98 Å². The minimum Gasteiger partial charge on any atom is -0.349 e. The van der Waals surface area contributed by atoms with Gasteiger partial charge in [0.1, 0.15) is 5.82 Å². The molecule has 4 bridgehead atoms. The van der Waals surface area contributed by atoms with Gasteiger partial charge in [-0.3, -0.25) is 9.59 Å². The second-order valence-electron chi connectivity index (χ2n) is 12.5. The first kappa shape index (κ1) is 23.9. The molecular weight excluding hydrogens is 472 g/mol. The fourth-order valence-corrected chi connectivity index (χ4v) is 8.15. The summed E-state index contributed by atoms with van der Waals surface area (Å²) in [5.41, 5.74) is 3.96. The number of hydrogen-bond donors (Lipinski definition) is 3. The quantitative estimate of drug-likeness (QED) is 0.355. The highest BCUT2D eigenvalue weighted by Crippen LogP contribution is 2.53. The molecule has 1 heterocycles. The van der Waals surface area contributed by atoms with Crippen LogP contribution in [0.2, 0.25) is 0 Å². The Morgan fingerprint density at radius 3 is 2.05 bits per heavy atom. The van der Waals surface area contributed by atoms with Crippen LogP contribution in [0.3, 0.4) is 0 Å². The molecule has 198 valence electrons. The average Bonchev–Trinajstić information content (AvgIpc) is 3.19. The maximum atomic E-state index is 13.1. The number of carbonyl (C=O) groups excluding carboxylic acids is 2. The van der Waals surface area contributed by atoms with E-state index in [2.05, 4.69) is 15.6 Å². The minimum absolute atomic E-state index is 0.0159. The number of amides is 2. The SMILES string of the molecule is O=C(NC1CCCCCC1)c1ccc2[nH]c(-c3ccc(C(=O)NC4C5C[C@H]6C[C@@H](C5)C[C@@H]4C6)cc3)nc2c1. The van der Waals surface area contributed by atoms with E-state index in [4.69, 9.17) is 4.98 Å². The van der Waals surface area contributed by atoms with Crippen LogP contribution in [-0.4, -0.2) is 33.9 Å². The van der Waals surface area contributed by atoms with Gasteiger partial charge in [-0.2, -0.15) is 0 Å². The molecule has 5 fully saturated rings. The summed E-state index contributed by atoms with van der Waals surface area (Å²) in [5.74, 6) is 3.92. The third-order valence-electron chi connectivity index (χ3n) is 9.88. The Bertz CT molecular complexity index is 1310. The first-order valence-corrected chi connectivity index (χ1v) is 14.8. The van der Waals surface area contributed by atoms with Gasteiger partial charge in [0.2, 0.25) is 0 Å². The van der Waals surface area contributed by atoms with Gasteiger partial charge in [0, 0.05) is 28.8 Å². The van der Waals surface area contributed by atoms with E-state index in [1.807, 2.05) is 42.5 Å². The Morgan fingerprint density at radius 2 is 1.37 bits per heavy atom. The number of hydrogen-bond acceptors (Lipinski definition) is 3.